The van der Waals surface area contributed by atoms with Gasteiger partial charge in [-0.05, 0) is 37.9 Å². The van der Waals surface area contributed by atoms with Crippen LogP contribution in [0, 0.1) is 5.82 Å². The molecule has 1 atom stereocenters. The molecule has 0 radical (unpaired) electrons. The van der Waals surface area contributed by atoms with E-state index in [2.05, 4.69) is 14.9 Å². The molecule has 1 N–H and O–H groups in total. The van der Waals surface area contributed by atoms with E-state index in [1.54, 1.807) is 30.6 Å². The summed E-state index contributed by atoms with van der Waals surface area (Å²) in [6.07, 6.45) is 7.30. The van der Waals surface area contributed by atoms with Crippen LogP contribution in [-0.4, -0.2) is 34.1 Å². The number of hydrogen-bond acceptors (Lipinski definition) is 4. The fourth-order valence-corrected chi connectivity index (χ4v) is 3.15. The van der Waals surface area contributed by atoms with Gasteiger partial charge in [0, 0.05) is 25.0 Å². The molecule has 2 aromatic rings. The predicted octanol–water partition coefficient (Wildman–Crippen LogP) is 2.73. The van der Waals surface area contributed by atoms with Crippen LogP contribution in [0.15, 0.2) is 41.5 Å². The lowest BCUT2D eigenvalue weighted by Gasteiger charge is -2.35. The number of aromatic nitrogens is 2. The maximum atomic E-state index is 13.6. The van der Waals surface area contributed by atoms with E-state index < -0.39 is 0 Å². The second kappa shape index (κ2) is 8.06. The number of nitrogens with zero attached hydrogens (tertiary/aromatic N) is 2. The molecule has 3 rings (SSSR count). The quantitative estimate of drug-likeness (QED) is 0.884. The largest absolute Gasteiger partial charge is 0.490 e. The maximum absolute atomic E-state index is 13.6. The van der Waals surface area contributed by atoms with Crippen molar-refractivity contribution in [3.63, 3.8) is 0 Å². The summed E-state index contributed by atoms with van der Waals surface area (Å²) < 4.78 is 19.2. The zero-order valence-corrected chi connectivity index (χ0v) is 13.6. The van der Waals surface area contributed by atoms with E-state index >= 15 is 0 Å². The number of ether oxygens (including phenoxy) is 1. The van der Waals surface area contributed by atoms with Gasteiger partial charge in [-0.25, -0.2) is 4.39 Å². The molecule has 0 saturated carbocycles. The van der Waals surface area contributed by atoms with Crippen molar-refractivity contribution in [1.29, 1.82) is 0 Å². The average Bonchev–Trinajstić information content (AvgIpc) is 2.60. The molecule has 1 aromatic carbocycles. The Balaban J connectivity index is 1.57. The number of piperidine rings is 1. The number of H-pyrrole nitrogens is 1. The molecule has 5 nitrogen and oxygen atoms in total. The number of benzene rings is 1. The lowest BCUT2D eigenvalue weighted by atomic mass is 9.99. The summed E-state index contributed by atoms with van der Waals surface area (Å²) >= 11 is 0. The molecule has 1 aliphatic heterocycles. The van der Waals surface area contributed by atoms with Crippen molar-refractivity contribution in [2.24, 2.45) is 0 Å². The van der Waals surface area contributed by atoms with E-state index in [0.29, 0.717) is 30.6 Å². The number of para-hydroxylation sites is 1. The average molecular weight is 331 g/mol. The number of rotatable bonds is 6. The Labute approximate surface area is 140 Å². The minimum Gasteiger partial charge on any atom is -0.490 e. The first kappa shape index (κ1) is 16.6. The molecule has 0 aliphatic carbocycles. The van der Waals surface area contributed by atoms with Crippen LogP contribution in [-0.2, 0) is 6.54 Å². The van der Waals surface area contributed by atoms with Gasteiger partial charge < -0.3 is 9.72 Å². The smallest absolute Gasteiger partial charge is 0.270 e. The zero-order chi connectivity index (χ0) is 16.8. The van der Waals surface area contributed by atoms with Crippen molar-refractivity contribution >= 4 is 0 Å². The first-order chi connectivity index (χ1) is 11.7. The van der Waals surface area contributed by atoms with Crippen molar-refractivity contribution < 1.29 is 9.13 Å². The normalized spacial score (nSPS) is 18.5. The second-order valence-electron chi connectivity index (χ2n) is 6.05. The summed E-state index contributed by atoms with van der Waals surface area (Å²) in [5, 5.41) is 0. The van der Waals surface area contributed by atoms with Crippen LogP contribution in [0.2, 0.25) is 0 Å². The van der Waals surface area contributed by atoms with Gasteiger partial charge in [-0.2, -0.15) is 0 Å². The first-order valence-corrected chi connectivity index (χ1v) is 8.38. The second-order valence-corrected chi connectivity index (χ2v) is 6.05. The summed E-state index contributed by atoms with van der Waals surface area (Å²) in [5.41, 5.74) is 0.406. The molecule has 2 heterocycles. The zero-order valence-electron chi connectivity index (χ0n) is 13.6. The Bertz CT molecular complexity index is 719. The van der Waals surface area contributed by atoms with E-state index in [-0.39, 0.29) is 11.4 Å². The van der Waals surface area contributed by atoms with Crippen molar-refractivity contribution in [2.75, 3.05) is 13.2 Å². The van der Waals surface area contributed by atoms with E-state index in [4.69, 9.17) is 4.74 Å². The van der Waals surface area contributed by atoms with Crippen LogP contribution in [0.5, 0.6) is 5.75 Å². The highest BCUT2D eigenvalue weighted by molar-refractivity contribution is 5.23. The van der Waals surface area contributed by atoms with Gasteiger partial charge in [-0.1, -0.05) is 18.6 Å². The van der Waals surface area contributed by atoms with Crippen LogP contribution in [0.3, 0.4) is 0 Å². The van der Waals surface area contributed by atoms with Crippen molar-refractivity contribution in [1.82, 2.24) is 14.9 Å². The van der Waals surface area contributed by atoms with Crippen LogP contribution in [0.1, 0.15) is 31.4 Å². The monoisotopic (exact) mass is 331 g/mol. The van der Waals surface area contributed by atoms with Crippen LogP contribution in [0.25, 0.3) is 0 Å². The fraction of sp³-hybridized carbons (Fsp3) is 0.444. The Morgan fingerprint density at radius 1 is 1.33 bits per heavy atom. The van der Waals surface area contributed by atoms with Crippen molar-refractivity contribution in [3.8, 4) is 5.75 Å². The molecule has 0 spiro atoms. The number of hydrogen-bond donors (Lipinski definition) is 1. The van der Waals surface area contributed by atoms with E-state index in [1.807, 2.05) is 0 Å². The molecule has 6 heteroatoms. The molecule has 1 saturated heterocycles. The number of likely N-dealkylation sites (tertiary alicyclic amines) is 1. The lowest BCUT2D eigenvalue weighted by molar-refractivity contribution is 0.114. The SMILES string of the molecule is O=c1[nH]ccnc1CN1CCCCC1CCOc1ccccc1F. The van der Waals surface area contributed by atoms with Crippen molar-refractivity contribution in [3.05, 3.63) is 58.5 Å². The minimum atomic E-state index is -0.335. The van der Waals surface area contributed by atoms with Gasteiger partial charge in [0.15, 0.2) is 11.6 Å². The summed E-state index contributed by atoms with van der Waals surface area (Å²) in [6, 6.07) is 6.78. The Morgan fingerprint density at radius 2 is 2.21 bits per heavy atom. The number of aromatic amines is 1. The summed E-state index contributed by atoms with van der Waals surface area (Å²) in [6.45, 7) is 1.95. The molecule has 1 unspecified atom stereocenters. The van der Waals surface area contributed by atoms with Gasteiger partial charge in [0.25, 0.3) is 5.56 Å². The van der Waals surface area contributed by atoms with Gasteiger partial charge in [0.2, 0.25) is 0 Å². The fourth-order valence-electron chi connectivity index (χ4n) is 3.15. The Morgan fingerprint density at radius 3 is 3.04 bits per heavy atom. The topological polar surface area (TPSA) is 58.2 Å². The summed E-state index contributed by atoms with van der Waals surface area (Å²) in [7, 11) is 0. The standard InChI is InChI=1S/C18H22FN3O2/c19-15-6-1-2-7-17(15)24-12-8-14-5-3-4-11-22(14)13-16-18(23)21-10-9-20-16/h1-2,6-7,9-10,14H,3-5,8,11-13H2,(H,21,23). The number of halogens is 1. The predicted molar refractivity (Wildman–Crippen MR) is 89.4 cm³/mol. The molecule has 0 bridgehead atoms. The van der Waals surface area contributed by atoms with Gasteiger partial charge in [-0.3, -0.25) is 14.7 Å². The van der Waals surface area contributed by atoms with Gasteiger partial charge >= 0.3 is 0 Å². The van der Waals surface area contributed by atoms with Crippen molar-refractivity contribution in [2.45, 2.75) is 38.3 Å². The van der Waals surface area contributed by atoms with E-state index in [9.17, 15) is 9.18 Å². The van der Waals surface area contributed by atoms with E-state index in [0.717, 1.165) is 25.8 Å². The highest BCUT2D eigenvalue weighted by Crippen LogP contribution is 2.22. The summed E-state index contributed by atoms with van der Waals surface area (Å²) in [5.74, 6) is -0.0425. The third-order valence-corrected chi connectivity index (χ3v) is 4.43. The Hall–Kier alpha value is -2.21. The van der Waals surface area contributed by atoms with Crippen LogP contribution < -0.4 is 10.3 Å². The first-order valence-electron chi connectivity index (χ1n) is 8.38. The lowest BCUT2D eigenvalue weighted by Crippen LogP contribution is -2.41. The molecule has 1 aromatic heterocycles. The highest BCUT2D eigenvalue weighted by atomic mass is 19.1. The van der Waals surface area contributed by atoms with Crippen LogP contribution in [0.4, 0.5) is 4.39 Å². The van der Waals surface area contributed by atoms with Gasteiger partial charge in [0.05, 0.1) is 6.61 Å². The maximum Gasteiger partial charge on any atom is 0.270 e. The third-order valence-electron chi connectivity index (χ3n) is 4.43. The van der Waals surface area contributed by atoms with Crippen LogP contribution >= 0.6 is 0 Å². The molecular formula is C18H22FN3O2. The molecule has 1 aliphatic rings. The number of nitrogens with one attached hydrogen (secondary N) is 1. The molecule has 0 amide bonds. The minimum absolute atomic E-state index is 0.135. The molecule has 1 fully saturated rings. The van der Waals surface area contributed by atoms with Gasteiger partial charge in [-0.15, -0.1) is 0 Å². The molecule has 128 valence electrons. The molecular weight excluding hydrogens is 309 g/mol. The molecule has 24 heavy (non-hydrogen) atoms. The highest BCUT2D eigenvalue weighted by Gasteiger charge is 2.23. The van der Waals surface area contributed by atoms with E-state index in [1.165, 1.54) is 12.5 Å². The van der Waals surface area contributed by atoms with Gasteiger partial charge in [0.1, 0.15) is 5.69 Å². The summed E-state index contributed by atoms with van der Waals surface area (Å²) in [4.78, 5) is 21.0. The Kier molecular flexibility index (Phi) is 5.59. The third kappa shape index (κ3) is 4.20.